The lowest BCUT2D eigenvalue weighted by Gasteiger charge is -2.40. The molecule has 2 unspecified atom stereocenters. The van der Waals surface area contributed by atoms with E-state index in [0.29, 0.717) is 31.3 Å². The summed E-state index contributed by atoms with van der Waals surface area (Å²) in [6.07, 6.45) is 6.54. The highest BCUT2D eigenvalue weighted by molar-refractivity contribution is 7.92. The van der Waals surface area contributed by atoms with Gasteiger partial charge >= 0.3 is 0 Å². The molecule has 3 rings (SSSR count). The highest BCUT2D eigenvalue weighted by Gasteiger charge is 2.49. The predicted molar refractivity (Wildman–Crippen MR) is 80.9 cm³/mol. The minimum atomic E-state index is -3.11. The van der Waals surface area contributed by atoms with Crippen LogP contribution in [0.2, 0.25) is 0 Å². The third-order valence-electron chi connectivity index (χ3n) is 5.39. The lowest BCUT2D eigenvalue weighted by atomic mass is 9.89. The molecule has 3 fully saturated rings. The summed E-state index contributed by atoms with van der Waals surface area (Å²) in [6, 6.07) is 0.0230. The highest BCUT2D eigenvalue weighted by atomic mass is 32.2. The molecule has 1 saturated heterocycles. The van der Waals surface area contributed by atoms with Crippen molar-refractivity contribution in [2.24, 2.45) is 5.92 Å². The van der Waals surface area contributed by atoms with E-state index >= 15 is 0 Å². The first-order valence-corrected chi connectivity index (χ1v) is 9.93. The molecule has 1 spiro atoms. The number of rotatable bonds is 4. The van der Waals surface area contributed by atoms with Gasteiger partial charge in [0.2, 0.25) is 0 Å². The summed E-state index contributed by atoms with van der Waals surface area (Å²) in [5.74, 6) is 0.0583. The van der Waals surface area contributed by atoms with Crippen molar-refractivity contribution >= 4 is 9.84 Å². The Morgan fingerprint density at radius 3 is 2.43 bits per heavy atom. The summed E-state index contributed by atoms with van der Waals surface area (Å²) < 4.78 is 37.3. The Balaban J connectivity index is 1.75. The van der Waals surface area contributed by atoms with E-state index in [4.69, 9.17) is 9.47 Å². The van der Waals surface area contributed by atoms with Gasteiger partial charge in [0, 0.05) is 18.9 Å². The molecule has 2 saturated carbocycles. The van der Waals surface area contributed by atoms with Crippen molar-refractivity contribution in [3.8, 4) is 0 Å². The van der Waals surface area contributed by atoms with Crippen molar-refractivity contribution in [3.05, 3.63) is 0 Å². The molecule has 0 radical (unpaired) electrons. The first kappa shape index (κ1) is 15.7. The molecule has 0 amide bonds. The Morgan fingerprint density at radius 2 is 1.81 bits per heavy atom. The van der Waals surface area contributed by atoms with Crippen LogP contribution in [0.1, 0.15) is 44.9 Å². The summed E-state index contributed by atoms with van der Waals surface area (Å²) in [7, 11) is -1.26. The van der Waals surface area contributed by atoms with Crippen molar-refractivity contribution in [1.29, 1.82) is 0 Å². The second-order valence-corrected chi connectivity index (χ2v) is 9.03. The molecular weight excluding hydrogens is 290 g/mol. The van der Waals surface area contributed by atoms with Crippen molar-refractivity contribution in [2.45, 2.75) is 62.0 Å². The minimum Gasteiger partial charge on any atom is -0.347 e. The van der Waals surface area contributed by atoms with Crippen LogP contribution < -0.4 is 5.32 Å². The average Bonchev–Trinajstić information content (AvgIpc) is 3.11. The predicted octanol–water partition coefficient (Wildman–Crippen LogP) is 1.47. The molecule has 2 atom stereocenters. The van der Waals surface area contributed by atoms with E-state index in [1.165, 1.54) is 12.8 Å². The van der Waals surface area contributed by atoms with E-state index in [2.05, 4.69) is 5.32 Å². The monoisotopic (exact) mass is 317 g/mol. The Labute approximate surface area is 127 Å². The average molecular weight is 317 g/mol. The molecule has 2 aliphatic carbocycles. The Hall–Kier alpha value is -0.170. The first-order valence-electron chi connectivity index (χ1n) is 8.21. The lowest BCUT2D eigenvalue weighted by Crippen LogP contribution is -2.53. The third-order valence-corrected chi connectivity index (χ3v) is 7.74. The summed E-state index contributed by atoms with van der Waals surface area (Å²) in [5.41, 5.74) is 0. The Morgan fingerprint density at radius 1 is 1.14 bits per heavy atom. The van der Waals surface area contributed by atoms with Gasteiger partial charge in [-0.15, -0.1) is 0 Å². The van der Waals surface area contributed by atoms with Gasteiger partial charge in [0.15, 0.2) is 15.6 Å². The Kier molecular flexibility index (Phi) is 4.60. The molecule has 1 heterocycles. The van der Waals surface area contributed by atoms with Gasteiger partial charge in [-0.1, -0.05) is 12.8 Å². The molecule has 1 N–H and O–H groups in total. The normalized spacial score (nSPS) is 33.8. The van der Waals surface area contributed by atoms with Crippen molar-refractivity contribution in [3.63, 3.8) is 0 Å². The van der Waals surface area contributed by atoms with Crippen LogP contribution in [0.25, 0.3) is 0 Å². The molecule has 21 heavy (non-hydrogen) atoms. The molecule has 0 bridgehead atoms. The number of nitrogens with one attached hydrogen (secondary N) is 1. The third kappa shape index (κ3) is 3.28. The fourth-order valence-electron chi connectivity index (χ4n) is 4.21. The molecule has 0 aromatic heterocycles. The van der Waals surface area contributed by atoms with Crippen LogP contribution in [0, 0.1) is 5.92 Å². The fourth-order valence-corrected chi connectivity index (χ4v) is 6.73. The largest absolute Gasteiger partial charge is 0.347 e. The van der Waals surface area contributed by atoms with Gasteiger partial charge in [0.05, 0.1) is 24.2 Å². The first-order chi connectivity index (χ1) is 10.0. The highest BCUT2D eigenvalue weighted by Crippen LogP contribution is 2.39. The molecule has 122 valence electrons. The lowest BCUT2D eigenvalue weighted by molar-refractivity contribution is -0.178. The second-order valence-electron chi connectivity index (χ2n) is 6.76. The second kappa shape index (κ2) is 6.14. The van der Waals surface area contributed by atoms with Gasteiger partial charge in [-0.25, -0.2) is 8.42 Å². The molecular formula is C15H27NO4S. The van der Waals surface area contributed by atoms with E-state index in [1.54, 1.807) is 0 Å². The van der Waals surface area contributed by atoms with E-state index in [-0.39, 0.29) is 11.3 Å². The maximum absolute atomic E-state index is 12.9. The molecule has 5 nitrogen and oxygen atoms in total. The van der Waals surface area contributed by atoms with Crippen LogP contribution in [0.3, 0.4) is 0 Å². The maximum Gasteiger partial charge on any atom is 0.169 e. The quantitative estimate of drug-likeness (QED) is 0.851. The summed E-state index contributed by atoms with van der Waals surface area (Å²) >= 11 is 0. The SMILES string of the molecule is CNC1CCC2(CC1S(=O)(=O)CC1CCCC1)OCCO2. The number of hydrogen-bond acceptors (Lipinski definition) is 5. The van der Waals surface area contributed by atoms with Crippen LogP contribution in [0.4, 0.5) is 0 Å². The zero-order valence-corrected chi connectivity index (χ0v) is 13.7. The zero-order chi connectivity index (χ0) is 14.9. The van der Waals surface area contributed by atoms with E-state index in [1.807, 2.05) is 7.05 Å². The van der Waals surface area contributed by atoms with Gasteiger partial charge in [-0.2, -0.15) is 0 Å². The van der Waals surface area contributed by atoms with Crippen LogP contribution in [0.5, 0.6) is 0 Å². The van der Waals surface area contributed by atoms with Crippen LogP contribution in [-0.2, 0) is 19.3 Å². The van der Waals surface area contributed by atoms with Crippen LogP contribution >= 0.6 is 0 Å². The molecule has 0 aromatic rings. The Bertz CT molecular complexity index is 452. The summed E-state index contributed by atoms with van der Waals surface area (Å²) in [5, 5.41) is 2.82. The molecule has 1 aliphatic heterocycles. The molecule has 3 aliphatic rings. The maximum atomic E-state index is 12.9. The van der Waals surface area contributed by atoms with Crippen LogP contribution in [-0.4, -0.2) is 51.5 Å². The van der Waals surface area contributed by atoms with Gasteiger partial charge in [-0.05, 0) is 32.2 Å². The summed E-state index contributed by atoms with van der Waals surface area (Å²) in [6.45, 7) is 1.17. The van der Waals surface area contributed by atoms with Gasteiger partial charge in [-0.3, -0.25) is 0 Å². The smallest absolute Gasteiger partial charge is 0.169 e. The van der Waals surface area contributed by atoms with E-state index in [9.17, 15) is 8.42 Å². The fraction of sp³-hybridized carbons (Fsp3) is 1.00. The van der Waals surface area contributed by atoms with E-state index < -0.39 is 15.6 Å². The number of ether oxygens (including phenoxy) is 2. The van der Waals surface area contributed by atoms with Gasteiger partial charge in [0.1, 0.15) is 0 Å². The van der Waals surface area contributed by atoms with E-state index in [0.717, 1.165) is 25.7 Å². The zero-order valence-electron chi connectivity index (χ0n) is 12.8. The van der Waals surface area contributed by atoms with Crippen LogP contribution in [0.15, 0.2) is 0 Å². The van der Waals surface area contributed by atoms with Gasteiger partial charge < -0.3 is 14.8 Å². The minimum absolute atomic E-state index is 0.0230. The molecule has 6 heteroatoms. The summed E-state index contributed by atoms with van der Waals surface area (Å²) in [4.78, 5) is 0. The number of hydrogen-bond donors (Lipinski definition) is 1. The van der Waals surface area contributed by atoms with Gasteiger partial charge in [0.25, 0.3) is 0 Å². The van der Waals surface area contributed by atoms with Crippen molar-refractivity contribution in [2.75, 3.05) is 26.0 Å². The topological polar surface area (TPSA) is 64.6 Å². The van der Waals surface area contributed by atoms with Crippen molar-refractivity contribution in [1.82, 2.24) is 5.32 Å². The standard InChI is InChI=1S/C15H27NO4S/c1-16-13-6-7-15(19-8-9-20-15)10-14(13)21(17,18)11-12-4-2-3-5-12/h12-14,16H,2-11H2,1H3. The van der Waals surface area contributed by atoms with Crippen molar-refractivity contribution < 1.29 is 17.9 Å². The molecule has 0 aromatic carbocycles. The number of sulfone groups is 1.